The second kappa shape index (κ2) is 7.47. The fourth-order valence-corrected chi connectivity index (χ4v) is 3.25. The predicted octanol–water partition coefficient (Wildman–Crippen LogP) is 4.20. The largest absolute Gasteiger partial charge is 0.497 e. The molecule has 2 aromatic carbocycles. The quantitative estimate of drug-likeness (QED) is 0.839. The summed E-state index contributed by atoms with van der Waals surface area (Å²) in [7, 11) is 1.74. The first-order valence-corrected chi connectivity index (χ1v) is 8.37. The summed E-state index contributed by atoms with van der Waals surface area (Å²) < 4.78 is 5.37. The molecule has 1 unspecified atom stereocenters. The topological polar surface area (TPSA) is 12.5 Å². The zero-order valence-corrected chi connectivity index (χ0v) is 14.0. The summed E-state index contributed by atoms with van der Waals surface area (Å²) in [5.74, 6) is 0.966. The Morgan fingerprint density at radius 2 is 1.96 bits per heavy atom. The van der Waals surface area contributed by atoms with Gasteiger partial charge in [0.15, 0.2) is 0 Å². The Hall–Kier alpha value is -2.06. The Balaban J connectivity index is 1.65. The molecule has 0 spiro atoms. The highest BCUT2D eigenvalue weighted by Gasteiger charge is 2.19. The number of nitrogens with zero attached hydrogens (tertiary/aromatic N) is 1. The maximum atomic E-state index is 5.37. The molecule has 0 saturated carbocycles. The first-order valence-electron chi connectivity index (χ1n) is 8.37. The summed E-state index contributed by atoms with van der Waals surface area (Å²) >= 11 is 0. The summed E-state index contributed by atoms with van der Waals surface area (Å²) in [6.07, 6.45) is 6.70. The van der Waals surface area contributed by atoms with Gasteiger partial charge in [0.05, 0.1) is 7.11 Å². The minimum Gasteiger partial charge on any atom is -0.497 e. The van der Waals surface area contributed by atoms with Crippen LogP contribution in [-0.2, 0) is 12.8 Å². The van der Waals surface area contributed by atoms with Gasteiger partial charge in [0.1, 0.15) is 5.75 Å². The second-order valence-electron chi connectivity index (χ2n) is 6.25. The SMILES string of the molecule is COc1ccc2c(c1)CC(C)N(CC=Cc1ccccc1)CC2. The molecule has 3 rings (SSSR count). The number of methoxy groups -OCH3 is 1. The molecule has 2 nitrogen and oxygen atoms in total. The summed E-state index contributed by atoms with van der Waals surface area (Å²) in [5, 5.41) is 0. The van der Waals surface area contributed by atoms with E-state index in [0.717, 1.165) is 31.7 Å². The van der Waals surface area contributed by atoms with Crippen LogP contribution in [-0.4, -0.2) is 31.1 Å². The van der Waals surface area contributed by atoms with Gasteiger partial charge in [-0.05, 0) is 48.6 Å². The normalized spacial score (nSPS) is 18.6. The molecule has 1 aliphatic heterocycles. The highest BCUT2D eigenvalue weighted by Crippen LogP contribution is 2.24. The third-order valence-corrected chi connectivity index (χ3v) is 4.67. The van der Waals surface area contributed by atoms with Crippen molar-refractivity contribution in [3.8, 4) is 5.75 Å². The van der Waals surface area contributed by atoms with Gasteiger partial charge < -0.3 is 4.74 Å². The molecule has 1 heterocycles. The lowest BCUT2D eigenvalue weighted by Gasteiger charge is -2.25. The lowest BCUT2D eigenvalue weighted by molar-refractivity contribution is 0.240. The average molecular weight is 307 g/mol. The molecule has 0 N–H and O–H groups in total. The summed E-state index contributed by atoms with van der Waals surface area (Å²) in [6, 6.07) is 17.6. The van der Waals surface area contributed by atoms with Gasteiger partial charge in [-0.3, -0.25) is 4.90 Å². The highest BCUT2D eigenvalue weighted by molar-refractivity contribution is 5.48. The first kappa shape index (κ1) is 15.8. The zero-order chi connectivity index (χ0) is 16.1. The van der Waals surface area contributed by atoms with Crippen LogP contribution in [0.5, 0.6) is 5.75 Å². The third kappa shape index (κ3) is 4.02. The molecule has 0 saturated heterocycles. The van der Waals surface area contributed by atoms with Crippen LogP contribution in [0.4, 0.5) is 0 Å². The molecule has 0 aromatic heterocycles. The Morgan fingerprint density at radius 1 is 1.13 bits per heavy atom. The van der Waals surface area contributed by atoms with E-state index in [9.17, 15) is 0 Å². The van der Waals surface area contributed by atoms with E-state index >= 15 is 0 Å². The van der Waals surface area contributed by atoms with Crippen molar-refractivity contribution in [3.63, 3.8) is 0 Å². The second-order valence-corrected chi connectivity index (χ2v) is 6.25. The van der Waals surface area contributed by atoms with Gasteiger partial charge in [0, 0.05) is 19.1 Å². The smallest absolute Gasteiger partial charge is 0.119 e. The lowest BCUT2D eigenvalue weighted by atomic mass is 10.0. The van der Waals surface area contributed by atoms with Crippen molar-refractivity contribution in [1.29, 1.82) is 0 Å². The van der Waals surface area contributed by atoms with Gasteiger partial charge >= 0.3 is 0 Å². The third-order valence-electron chi connectivity index (χ3n) is 4.67. The van der Waals surface area contributed by atoms with Crippen molar-refractivity contribution in [2.24, 2.45) is 0 Å². The van der Waals surface area contributed by atoms with Gasteiger partial charge in [0.25, 0.3) is 0 Å². The molecule has 0 bridgehead atoms. The molecular weight excluding hydrogens is 282 g/mol. The van der Waals surface area contributed by atoms with Gasteiger partial charge in [-0.2, -0.15) is 0 Å². The molecule has 0 aliphatic carbocycles. The first-order chi connectivity index (χ1) is 11.3. The number of ether oxygens (including phenoxy) is 1. The fourth-order valence-electron chi connectivity index (χ4n) is 3.25. The number of hydrogen-bond donors (Lipinski definition) is 0. The molecule has 1 atom stereocenters. The van der Waals surface area contributed by atoms with Gasteiger partial charge in [0.2, 0.25) is 0 Å². The number of fused-ring (bicyclic) bond motifs is 1. The van der Waals surface area contributed by atoms with E-state index in [0.29, 0.717) is 6.04 Å². The molecule has 0 radical (unpaired) electrons. The zero-order valence-electron chi connectivity index (χ0n) is 14.0. The molecule has 120 valence electrons. The number of hydrogen-bond acceptors (Lipinski definition) is 2. The molecule has 23 heavy (non-hydrogen) atoms. The van der Waals surface area contributed by atoms with Crippen molar-refractivity contribution >= 4 is 6.08 Å². The monoisotopic (exact) mass is 307 g/mol. The fraction of sp³-hybridized carbons (Fsp3) is 0.333. The van der Waals surface area contributed by atoms with E-state index in [-0.39, 0.29) is 0 Å². The van der Waals surface area contributed by atoms with Gasteiger partial charge in [-0.15, -0.1) is 0 Å². The molecule has 2 aromatic rings. The Labute approximate surface area is 139 Å². The number of benzene rings is 2. The minimum atomic E-state index is 0.545. The Bertz CT molecular complexity index is 663. The standard InChI is InChI=1S/C21H25NO/c1-17-15-20-16-21(23-2)11-10-19(20)12-14-22(17)13-6-9-18-7-4-3-5-8-18/h3-11,16-17H,12-15H2,1-2H3. The maximum Gasteiger partial charge on any atom is 0.119 e. The van der Waals surface area contributed by atoms with Crippen molar-refractivity contribution in [1.82, 2.24) is 4.90 Å². The molecule has 0 amide bonds. The van der Waals surface area contributed by atoms with E-state index in [1.807, 2.05) is 0 Å². The van der Waals surface area contributed by atoms with Crippen LogP contribution in [0.25, 0.3) is 6.08 Å². The van der Waals surface area contributed by atoms with Crippen LogP contribution >= 0.6 is 0 Å². The molecular formula is C21H25NO. The van der Waals surface area contributed by atoms with E-state index in [2.05, 4.69) is 72.5 Å². The molecule has 1 aliphatic rings. The molecule has 0 fully saturated rings. The van der Waals surface area contributed by atoms with Crippen LogP contribution < -0.4 is 4.74 Å². The van der Waals surface area contributed by atoms with Crippen molar-refractivity contribution in [2.45, 2.75) is 25.8 Å². The number of rotatable bonds is 4. The lowest BCUT2D eigenvalue weighted by Crippen LogP contribution is -2.34. The van der Waals surface area contributed by atoms with Crippen molar-refractivity contribution in [3.05, 3.63) is 71.3 Å². The van der Waals surface area contributed by atoms with E-state index in [1.54, 1.807) is 7.11 Å². The Morgan fingerprint density at radius 3 is 2.74 bits per heavy atom. The van der Waals surface area contributed by atoms with E-state index in [1.165, 1.54) is 16.7 Å². The summed E-state index contributed by atoms with van der Waals surface area (Å²) in [5.41, 5.74) is 4.17. The molecule has 2 heteroatoms. The van der Waals surface area contributed by atoms with Crippen molar-refractivity contribution < 1.29 is 4.74 Å². The summed E-state index contributed by atoms with van der Waals surface area (Å²) in [6.45, 7) is 4.44. The minimum absolute atomic E-state index is 0.545. The van der Waals surface area contributed by atoms with E-state index in [4.69, 9.17) is 4.74 Å². The van der Waals surface area contributed by atoms with Gasteiger partial charge in [-0.25, -0.2) is 0 Å². The van der Waals surface area contributed by atoms with E-state index < -0.39 is 0 Å². The van der Waals surface area contributed by atoms with Crippen LogP contribution in [0.15, 0.2) is 54.6 Å². The van der Waals surface area contributed by atoms with Crippen molar-refractivity contribution in [2.75, 3.05) is 20.2 Å². The van der Waals surface area contributed by atoms with Crippen LogP contribution in [0, 0.1) is 0 Å². The Kier molecular flexibility index (Phi) is 5.14. The van der Waals surface area contributed by atoms with Crippen LogP contribution in [0.3, 0.4) is 0 Å². The van der Waals surface area contributed by atoms with Crippen LogP contribution in [0.1, 0.15) is 23.6 Å². The summed E-state index contributed by atoms with van der Waals surface area (Å²) in [4.78, 5) is 2.56. The predicted molar refractivity (Wildman–Crippen MR) is 96.9 cm³/mol. The maximum absolute atomic E-state index is 5.37. The van der Waals surface area contributed by atoms with Gasteiger partial charge in [-0.1, -0.05) is 48.6 Å². The highest BCUT2D eigenvalue weighted by atomic mass is 16.5. The average Bonchev–Trinajstić information content (AvgIpc) is 2.74. The van der Waals surface area contributed by atoms with Crippen LogP contribution in [0.2, 0.25) is 0 Å².